The van der Waals surface area contributed by atoms with Gasteiger partial charge in [0.15, 0.2) is 0 Å². The molecule has 138 valence electrons. The molecule has 1 aromatic heterocycles. The predicted octanol–water partition coefficient (Wildman–Crippen LogP) is 4.03. The zero-order valence-electron chi connectivity index (χ0n) is 15.2. The second kappa shape index (κ2) is 8.36. The Morgan fingerprint density at radius 3 is 2.50 bits per heavy atom. The molecule has 5 nitrogen and oxygen atoms in total. The van der Waals surface area contributed by atoms with Crippen molar-refractivity contribution in [1.29, 1.82) is 0 Å². The van der Waals surface area contributed by atoms with Crippen molar-refractivity contribution in [1.82, 2.24) is 5.32 Å². The first-order valence-corrected chi connectivity index (χ1v) is 9.86. The van der Waals surface area contributed by atoms with Gasteiger partial charge >= 0.3 is 0 Å². The Kier molecular flexibility index (Phi) is 5.93. The van der Waals surface area contributed by atoms with Crippen LogP contribution in [-0.2, 0) is 12.8 Å². The second-order valence-corrected chi connectivity index (χ2v) is 7.36. The van der Waals surface area contributed by atoms with E-state index in [0.717, 1.165) is 37.0 Å². The highest BCUT2D eigenvalue weighted by Gasteiger charge is 2.25. The molecule has 0 unspecified atom stereocenters. The van der Waals surface area contributed by atoms with Crippen LogP contribution in [0.5, 0.6) is 5.75 Å². The number of thiophene rings is 1. The molecule has 0 saturated carbocycles. The lowest BCUT2D eigenvalue weighted by atomic mass is 10.0. The minimum Gasteiger partial charge on any atom is -0.494 e. The predicted molar refractivity (Wildman–Crippen MR) is 105 cm³/mol. The molecule has 1 aromatic carbocycles. The lowest BCUT2D eigenvalue weighted by Gasteiger charge is -2.09. The van der Waals surface area contributed by atoms with Crippen molar-refractivity contribution in [3.05, 3.63) is 45.8 Å². The quantitative estimate of drug-likeness (QED) is 0.779. The Morgan fingerprint density at radius 2 is 1.81 bits per heavy atom. The minimum absolute atomic E-state index is 0.133. The molecule has 3 rings (SSSR count). The highest BCUT2D eigenvalue weighted by atomic mass is 32.1. The van der Waals surface area contributed by atoms with Crippen LogP contribution < -0.4 is 15.4 Å². The lowest BCUT2D eigenvalue weighted by Crippen LogP contribution is -2.21. The molecule has 2 N–H and O–H groups in total. The van der Waals surface area contributed by atoms with Gasteiger partial charge in [-0.3, -0.25) is 9.59 Å². The topological polar surface area (TPSA) is 67.4 Å². The third kappa shape index (κ3) is 3.90. The molecule has 6 heteroatoms. The molecule has 1 aliphatic carbocycles. The van der Waals surface area contributed by atoms with Gasteiger partial charge in [0.05, 0.1) is 12.2 Å². The number of fused-ring (bicyclic) bond motifs is 1. The number of ether oxygens (including phenoxy) is 1. The summed E-state index contributed by atoms with van der Waals surface area (Å²) in [5, 5.41) is 6.31. The minimum atomic E-state index is -0.213. The van der Waals surface area contributed by atoms with Crippen molar-refractivity contribution in [3.63, 3.8) is 0 Å². The molecule has 2 aromatic rings. The van der Waals surface area contributed by atoms with Crippen LogP contribution in [0.15, 0.2) is 24.3 Å². The maximum Gasteiger partial charge on any atom is 0.256 e. The van der Waals surface area contributed by atoms with Gasteiger partial charge < -0.3 is 15.4 Å². The highest BCUT2D eigenvalue weighted by Crippen LogP contribution is 2.37. The third-order valence-corrected chi connectivity index (χ3v) is 5.74. The van der Waals surface area contributed by atoms with Gasteiger partial charge in [0.2, 0.25) is 0 Å². The van der Waals surface area contributed by atoms with E-state index in [2.05, 4.69) is 10.6 Å². The Morgan fingerprint density at radius 1 is 1.08 bits per heavy atom. The van der Waals surface area contributed by atoms with Crippen molar-refractivity contribution >= 4 is 28.2 Å². The first kappa shape index (κ1) is 18.5. The fourth-order valence-electron chi connectivity index (χ4n) is 3.24. The van der Waals surface area contributed by atoms with Gasteiger partial charge in [0.1, 0.15) is 10.8 Å². The average Bonchev–Trinajstić information content (AvgIpc) is 2.82. The fraction of sp³-hybridized carbons (Fsp3) is 0.400. The second-order valence-electron chi connectivity index (χ2n) is 6.26. The number of hydrogen-bond donors (Lipinski definition) is 2. The Balaban J connectivity index is 1.86. The van der Waals surface area contributed by atoms with Crippen LogP contribution in [0.25, 0.3) is 0 Å². The van der Waals surface area contributed by atoms with Crippen LogP contribution in [0.2, 0.25) is 0 Å². The van der Waals surface area contributed by atoms with Gasteiger partial charge in [-0.15, -0.1) is 11.3 Å². The van der Waals surface area contributed by atoms with E-state index in [1.165, 1.54) is 22.6 Å². The van der Waals surface area contributed by atoms with Crippen molar-refractivity contribution in [3.8, 4) is 5.75 Å². The molecule has 0 fully saturated rings. The van der Waals surface area contributed by atoms with Gasteiger partial charge in [-0.1, -0.05) is 6.42 Å². The molecule has 0 saturated heterocycles. The first-order chi connectivity index (χ1) is 12.6. The van der Waals surface area contributed by atoms with Crippen molar-refractivity contribution in [2.75, 3.05) is 19.0 Å². The van der Waals surface area contributed by atoms with E-state index in [1.54, 1.807) is 31.3 Å². The zero-order valence-corrected chi connectivity index (χ0v) is 16.0. The van der Waals surface area contributed by atoms with Crippen molar-refractivity contribution in [2.45, 2.75) is 39.0 Å². The highest BCUT2D eigenvalue weighted by molar-refractivity contribution is 7.17. The van der Waals surface area contributed by atoms with Crippen molar-refractivity contribution in [2.24, 2.45) is 0 Å². The normalized spacial score (nSPS) is 13.5. The number of aryl methyl sites for hydroxylation is 1. The SMILES string of the molecule is CCOc1ccc(C(=O)Nc2sc3c(c2C(=O)NC)CCCCC3)cc1. The number of hydrogen-bond acceptors (Lipinski definition) is 4. The molecule has 1 aliphatic rings. The van der Waals surface area contributed by atoms with E-state index in [0.29, 0.717) is 22.7 Å². The van der Waals surface area contributed by atoms with Crippen LogP contribution in [0.1, 0.15) is 57.3 Å². The summed E-state index contributed by atoms with van der Waals surface area (Å²) in [5.74, 6) is 0.388. The van der Waals surface area contributed by atoms with Crippen LogP contribution in [-0.4, -0.2) is 25.5 Å². The maximum atomic E-state index is 12.7. The van der Waals surface area contributed by atoms with E-state index < -0.39 is 0 Å². The van der Waals surface area contributed by atoms with Crippen LogP contribution in [0, 0.1) is 0 Å². The Hall–Kier alpha value is -2.34. The Labute approximate surface area is 157 Å². The first-order valence-electron chi connectivity index (χ1n) is 9.04. The van der Waals surface area contributed by atoms with E-state index in [4.69, 9.17) is 4.74 Å². The molecule has 26 heavy (non-hydrogen) atoms. The molecule has 0 bridgehead atoms. The molecule has 0 spiro atoms. The fourth-order valence-corrected chi connectivity index (χ4v) is 4.52. The largest absolute Gasteiger partial charge is 0.494 e. The van der Waals surface area contributed by atoms with E-state index in [1.807, 2.05) is 6.92 Å². The van der Waals surface area contributed by atoms with E-state index >= 15 is 0 Å². The van der Waals surface area contributed by atoms with Crippen LogP contribution >= 0.6 is 11.3 Å². The van der Waals surface area contributed by atoms with Crippen LogP contribution in [0.4, 0.5) is 5.00 Å². The molecular formula is C20H24N2O3S. The number of rotatable bonds is 5. The summed E-state index contributed by atoms with van der Waals surface area (Å²) in [6, 6.07) is 7.03. The number of anilines is 1. The standard InChI is InChI=1S/C20H24N2O3S/c1-3-25-14-11-9-13(10-12-14)18(23)22-20-17(19(24)21-2)15-7-5-4-6-8-16(15)26-20/h9-12H,3-8H2,1-2H3,(H,21,24)(H,22,23). The van der Waals surface area contributed by atoms with E-state index in [-0.39, 0.29) is 11.8 Å². The summed E-state index contributed by atoms with van der Waals surface area (Å²) in [5.41, 5.74) is 2.28. The molecule has 0 aliphatic heterocycles. The Bertz CT molecular complexity index is 796. The van der Waals surface area contributed by atoms with Gasteiger partial charge in [-0.25, -0.2) is 0 Å². The van der Waals surface area contributed by atoms with Gasteiger partial charge in [0, 0.05) is 17.5 Å². The van der Waals surface area contributed by atoms with Crippen LogP contribution in [0.3, 0.4) is 0 Å². The summed E-state index contributed by atoms with van der Waals surface area (Å²) in [6.07, 6.45) is 5.27. The summed E-state index contributed by atoms with van der Waals surface area (Å²) in [4.78, 5) is 26.3. The third-order valence-electron chi connectivity index (χ3n) is 4.53. The monoisotopic (exact) mass is 372 g/mol. The smallest absolute Gasteiger partial charge is 0.256 e. The summed E-state index contributed by atoms with van der Waals surface area (Å²) < 4.78 is 5.41. The van der Waals surface area contributed by atoms with Gasteiger partial charge in [-0.2, -0.15) is 0 Å². The number of amides is 2. The number of carbonyl (C=O) groups excluding carboxylic acids is 2. The molecule has 0 radical (unpaired) electrons. The zero-order chi connectivity index (χ0) is 18.5. The number of nitrogens with one attached hydrogen (secondary N) is 2. The molecular weight excluding hydrogens is 348 g/mol. The number of carbonyl (C=O) groups is 2. The van der Waals surface area contributed by atoms with E-state index in [9.17, 15) is 9.59 Å². The molecule has 1 heterocycles. The molecule has 0 atom stereocenters. The summed E-state index contributed by atoms with van der Waals surface area (Å²) in [7, 11) is 1.63. The number of benzene rings is 1. The summed E-state index contributed by atoms with van der Waals surface area (Å²) in [6.45, 7) is 2.50. The molecule has 2 amide bonds. The maximum absolute atomic E-state index is 12.7. The van der Waals surface area contributed by atoms with Gasteiger partial charge in [0.25, 0.3) is 11.8 Å². The van der Waals surface area contributed by atoms with Gasteiger partial charge in [-0.05, 0) is 62.4 Å². The lowest BCUT2D eigenvalue weighted by molar-refractivity contribution is 0.0963. The summed E-state index contributed by atoms with van der Waals surface area (Å²) >= 11 is 1.54. The van der Waals surface area contributed by atoms with Crippen molar-refractivity contribution < 1.29 is 14.3 Å². The average molecular weight is 372 g/mol.